The van der Waals surface area contributed by atoms with Crippen LogP contribution in [0.5, 0.6) is 5.75 Å². The zero-order valence-corrected chi connectivity index (χ0v) is 24.6. The molecule has 1 aliphatic heterocycles. The summed E-state index contributed by atoms with van der Waals surface area (Å²) in [5, 5.41) is 3.45. The summed E-state index contributed by atoms with van der Waals surface area (Å²) < 4.78 is 55.8. The van der Waals surface area contributed by atoms with Crippen LogP contribution >= 0.6 is 11.3 Å². The highest BCUT2D eigenvalue weighted by Gasteiger charge is 2.34. The van der Waals surface area contributed by atoms with Crippen LogP contribution in [0.15, 0.2) is 36.8 Å². The van der Waals surface area contributed by atoms with Crippen molar-refractivity contribution in [2.45, 2.75) is 58.5 Å². The maximum absolute atomic E-state index is 13.2. The minimum Gasteiger partial charge on any atom is -0.491 e. The van der Waals surface area contributed by atoms with Gasteiger partial charge < -0.3 is 24.4 Å². The first-order valence-electron chi connectivity index (χ1n) is 13.2. The number of aromatic nitrogens is 3. The molecule has 226 valence electrons. The van der Waals surface area contributed by atoms with Gasteiger partial charge in [-0.3, -0.25) is 4.79 Å². The Labute approximate surface area is 245 Å². The average Bonchev–Trinajstić information content (AvgIpc) is 3.37. The fourth-order valence-electron chi connectivity index (χ4n) is 4.00. The molecular formula is C28H32F3N5O5S. The number of amides is 2. The van der Waals surface area contributed by atoms with Gasteiger partial charge in [0.2, 0.25) is 5.82 Å². The van der Waals surface area contributed by atoms with E-state index in [2.05, 4.69) is 20.3 Å². The summed E-state index contributed by atoms with van der Waals surface area (Å²) in [6.45, 7) is 10.0. The molecule has 14 heteroatoms. The second-order valence-corrected chi connectivity index (χ2v) is 12.0. The number of hydrogen-bond acceptors (Lipinski definition) is 9. The van der Waals surface area contributed by atoms with Gasteiger partial charge in [0.25, 0.3) is 5.91 Å². The minimum atomic E-state index is -4.66. The monoisotopic (exact) mass is 607 g/mol. The molecule has 2 amide bonds. The van der Waals surface area contributed by atoms with E-state index in [0.29, 0.717) is 35.0 Å². The van der Waals surface area contributed by atoms with Crippen LogP contribution in [0.3, 0.4) is 0 Å². The summed E-state index contributed by atoms with van der Waals surface area (Å²) >= 11 is 1.45. The third-order valence-electron chi connectivity index (χ3n) is 6.04. The molecule has 1 N–H and O–H groups in total. The first-order valence-corrected chi connectivity index (χ1v) is 14.0. The number of alkyl halides is 3. The van der Waals surface area contributed by atoms with Crippen LogP contribution in [-0.2, 0) is 15.7 Å². The van der Waals surface area contributed by atoms with Crippen LogP contribution in [0.4, 0.5) is 18.0 Å². The third kappa shape index (κ3) is 8.38. The molecule has 3 heterocycles. The number of ether oxygens (including phenoxy) is 3. The van der Waals surface area contributed by atoms with Gasteiger partial charge in [-0.15, -0.1) is 11.3 Å². The van der Waals surface area contributed by atoms with Gasteiger partial charge in [-0.1, -0.05) is 0 Å². The summed E-state index contributed by atoms with van der Waals surface area (Å²) in [4.78, 5) is 39.5. The quantitative estimate of drug-likeness (QED) is 0.378. The lowest BCUT2D eigenvalue weighted by atomic mass is 10.1. The topological polar surface area (TPSA) is 116 Å². The Bertz CT molecular complexity index is 1410. The standard InChI is InChI=1S/C28H32F3N5O5S/c1-16-11-32-24(42-16)19-8-18(23(37)35-17(2)20-12-33-25(34-13-20)28(29,30)31)9-21(10-19)40-15-22-14-36(6-7-39-22)26(38)41-27(3,4)5/h8-13,17,22H,6-7,14-15H2,1-5H3,(H,35,37)/t17-,22+/m1/s1. The van der Waals surface area contributed by atoms with Crippen molar-refractivity contribution in [2.75, 3.05) is 26.3 Å². The van der Waals surface area contributed by atoms with Crippen LogP contribution in [0, 0.1) is 6.92 Å². The Morgan fingerprint density at radius 1 is 1.14 bits per heavy atom. The minimum absolute atomic E-state index is 0.111. The summed E-state index contributed by atoms with van der Waals surface area (Å²) in [6, 6.07) is 4.31. The number of aryl methyl sites for hydroxylation is 1. The van der Waals surface area contributed by atoms with Crippen molar-refractivity contribution in [3.8, 4) is 16.3 Å². The third-order valence-corrected chi connectivity index (χ3v) is 7.00. The van der Waals surface area contributed by atoms with Crippen molar-refractivity contribution in [3.05, 3.63) is 58.6 Å². The highest BCUT2D eigenvalue weighted by atomic mass is 32.1. The maximum atomic E-state index is 13.2. The molecule has 4 rings (SSSR count). The van der Waals surface area contributed by atoms with Gasteiger partial charge in [0, 0.05) is 46.7 Å². The molecule has 42 heavy (non-hydrogen) atoms. The zero-order valence-electron chi connectivity index (χ0n) is 23.8. The van der Waals surface area contributed by atoms with Gasteiger partial charge >= 0.3 is 12.3 Å². The van der Waals surface area contributed by atoms with Crippen LogP contribution in [0.2, 0.25) is 0 Å². The van der Waals surface area contributed by atoms with E-state index in [4.69, 9.17) is 14.2 Å². The summed E-state index contributed by atoms with van der Waals surface area (Å²) in [5.41, 5.74) is 0.601. The second kappa shape index (κ2) is 12.6. The zero-order chi connectivity index (χ0) is 30.7. The molecule has 1 saturated heterocycles. The molecule has 2 aromatic heterocycles. The molecule has 1 aromatic carbocycles. The van der Waals surface area contributed by atoms with Gasteiger partial charge in [0.15, 0.2) is 0 Å². The molecule has 1 aliphatic rings. The lowest BCUT2D eigenvalue weighted by Crippen LogP contribution is -2.49. The molecule has 0 radical (unpaired) electrons. The van der Waals surface area contributed by atoms with Crippen molar-refractivity contribution < 1.29 is 37.0 Å². The van der Waals surface area contributed by atoms with E-state index in [1.807, 2.05) is 6.92 Å². The molecule has 3 aromatic rings. The number of carbonyl (C=O) groups is 2. The molecule has 0 unspecified atom stereocenters. The van der Waals surface area contributed by atoms with Crippen LogP contribution in [-0.4, -0.2) is 69.9 Å². The fraction of sp³-hybridized carbons (Fsp3) is 0.464. The predicted octanol–water partition coefficient (Wildman–Crippen LogP) is 5.43. The number of halogens is 3. The van der Waals surface area contributed by atoms with Crippen molar-refractivity contribution in [1.29, 1.82) is 0 Å². The van der Waals surface area contributed by atoms with Crippen LogP contribution in [0.25, 0.3) is 10.6 Å². The molecule has 0 saturated carbocycles. The Morgan fingerprint density at radius 3 is 2.48 bits per heavy atom. The second-order valence-electron chi connectivity index (χ2n) is 10.8. The highest BCUT2D eigenvalue weighted by molar-refractivity contribution is 7.14. The molecule has 2 atom stereocenters. The Balaban J connectivity index is 1.48. The van der Waals surface area contributed by atoms with E-state index >= 15 is 0 Å². The number of hydrogen-bond donors (Lipinski definition) is 1. The number of thiazole rings is 1. The Hall–Kier alpha value is -3.78. The highest BCUT2D eigenvalue weighted by Crippen LogP contribution is 2.30. The molecule has 0 spiro atoms. The average molecular weight is 608 g/mol. The molecular weight excluding hydrogens is 575 g/mol. The van der Waals surface area contributed by atoms with Crippen molar-refractivity contribution in [3.63, 3.8) is 0 Å². The maximum Gasteiger partial charge on any atom is 0.451 e. The largest absolute Gasteiger partial charge is 0.491 e. The number of carbonyl (C=O) groups excluding carboxylic acids is 2. The number of nitrogens with one attached hydrogen (secondary N) is 1. The molecule has 10 nitrogen and oxygen atoms in total. The Morgan fingerprint density at radius 2 is 1.86 bits per heavy atom. The van der Waals surface area contributed by atoms with Crippen LogP contribution < -0.4 is 10.1 Å². The lowest BCUT2D eigenvalue weighted by Gasteiger charge is -2.34. The van der Waals surface area contributed by atoms with Crippen molar-refractivity contribution in [2.24, 2.45) is 0 Å². The van der Waals surface area contributed by atoms with E-state index in [9.17, 15) is 22.8 Å². The first-order chi connectivity index (χ1) is 19.7. The van der Waals surface area contributed by atoms with Crippen molar-refractivity contribution in [1.82, 2.24) is 25.2 Å². The van der Waals surface area contributed by atoms with E-state index in [1.54, 1.807) is 57.0 Å². The van der Waals surface area contributed by atoms with Crippen molar-refractivity contribution >= 4 is 23.3 Å². The number of rotatable bonds is 7. The van der Waals surface area contributed by atoms with Gasteiger partial charge in [-0.2, -0.15) is 13.2 Å². The molecule has 0 bridgehead atoms. The predicted molar refractivity (Wildman–Crippen MR) is 148 cm³/mol. The molecule has 0 aliphatic carbocycles. The lowest BCUT2D eigenvalue weighted by molar-refractivity contribution is -0.145. The summed E-state index contributed by atoms with van der Waals surface area (Å²) in [5.74, 6) is -1.35. The first kappa shape index (κ1) is 31.2. The van der Waals surface area contributed by atoms with Crippen LogP contribution in [0.1, 0.15) is 60.4 Å². The van der Waals surface area contributed by atoms with Gasteiger partial charge in [0.1, 0.15) is 29.1 Å². The van der Waals surface area contributed by atoms with E-state index in [1.165, 1.54) is 11.3 Å². The SMILES string of the molecule is Cc1cnc(-c2cc(OC[C@@H]3CN(C(=O)OC(C)(C)C)CCO3)cc(C(=O)N[C@H](C)c3cnc(C(F)(F)F)nc3)c2)s1. The van der Waals surface area contributed by atoms with E-state index in [-0.39, 0.29) is 18.7 Å². The molecule has 1 fully saturated rings. The fourth-order valence-corrected chi connectivity index (χ4v) is 4.75. The number of nitrogens with zero attached hydrogens (tertiary/aromatic N) is 4. The normalized spacial score (nSPS) is 16.6. The van der Waals surface area contributed by atoms with Gasteiger partial charge in [-0.05, 0) is 52.8 Å². The number of benzene rings is 1. The van der Waals surface area contributed by atoms with Gasteiger partial charge in [0.05, 0.1) is 19.2 Å². The summed E-state index contributed by atoms with van der Waals surface area (Å²) in [6.07, 6.45) is -1.71. The number of morpholine rings is 1. The Kier molecular flexibility index (Phi) is 9.36. The van der Waals surface area contributed by atoms with E-state index < -0.39 is 41.7 Å². The van der Waals surface area contributed by atoms with E-state index in [0.717, 1.165) is 17.3 Å². The smallest absolute Gasteiger partial charge is 0.451 e. The van der Waals surface area contributed by atoms with Gasteiger partial charge in [-0.25, -0.2) is 19.7 Å². The summed E-state index contributed by atoms with van der Waals surface area (Å²) in [7, 11) is 0.